The summed E-state index contributed by atoms with van der Waals surface area (Å²) in [6, 6.07) is 20.1. The van der Waals surface area contributed by atoms with Gasteiger partial charge in [-0.15, -0.1) is 0 Å². The molecule has 3 rings (SSSR count). The van der Waals surface area contributed by atoms with Gasteiger partial charge >= 0.3 is 0 Å². The van der Waals surface area contributed by atoms with Crippen molar-refractivity contribution in [3.05, 3.63) is 83.9 Å². The number of carbonyl (C=O) groups excluding carboxylic acids is 1. The Labute approximate surface area is 195 Å². The number of nitrogens with zero attached hydrogens (tertiary/aromatic N) is 1. The number of rotatable bonds is 9. The predicted octanol–water partition coefficient (Wildman–Crippen LogP) is 4.08. The lowest BCUT2D eigenvalue weighted by Crippen LogP contribution is -2.41. The number of anilines is 1. The lowest BCUT2D eigenvalue weighted by atomic mass is 10.1. The third kappa shape index (κ3) is 5.84. The van der Waals surface area contributed by atoms with Crippen LogP contribution in [0.3, 0.4) is 0 Å². The summed E-state index contributed by atoms with van der Waals surface area (Å²) in [6.07, 6.45) is 0. The van der Waals surface area contributed by atoms with Crippen molar-refractivity contribution in [2.24, 2.45) is 0 Å². The number of amides is 1. The highest BCUT2D eigenvalue weighted by Crippen LogP contribution is 2.27. The molecule has 0 saturated heterocycles. The average molecular weight is 469 g/mol. The van der Waals surface area contributed by atoms with E-state index in [1.54, 1.807) is 43.5 Å². The second-order valence-corrected chi connectivity index (χ2v) is 9.45. The predicted molar refractivity (Wildman–Crippen MR) is 128 cm³/mol. The Hall–Kier alpha value is -3.52. The topological polar surface area (TPSA) is 84.9 Å². The van der Waals surface area contributed by atoms with Crippen LogP contribution in [0.15, 0.2) is 77.7 Å². The number of hydrogen-bond acceptors (Lipinski definition) is 5. The molecule has 0 aromatic heterocycles. The third-order valence-corrected chi connectivity index (χ3v) is 7.02. The van der Waals surface area contributed by atoms with Crippen molar-refractivity contribution >= 4 is 21.6 Å². The van der Waals surface area contributed by atoms with Crippen molar-refractivity contribution < 1.29 is 22.7 Å². The Kier molecular flexibility index (Phi) is 7.60. The summed E-state index contributed by atoms with van der Waals surface area (Å²) in [5.74, 6) is 0.770. The van der Waals surface area contributed by atoms with E-state index in [1.807, 2.05) is 38.1 Å². The molecule has 0 aliphatic carbocycles. The molecule has 0 fully saturated rings. The highest BCUT2D eigenvalue weighted by Gasteiger charge is 2.28. The molecule has 33 heavy (non-hydrogen) atoms. The zero-order valence-electron chi connectivity index (χ0n) is 19.1. The summed E-state index contributed by atoms with van der Waals surface area (Å²) in [5, 5.41) is 2.88. The van der Waals surface area contributed by atoms with Crippen LogP contribution >= 0.6 is 0 Å². The van der Waals surface area contributed by atoms with E-state index < -0.39 is 15.9 Å². The first-order valence-electron chi connectivity index (χ1n) is 10.4. The summed E-state index contributed by atoms with van der Waals surface area (Å²) in [5.41, 5.74) is 2.15. The molecule has 1 amide bonds. The summed E-state index contributed by atoms with van der Waals surface area (Å²) in [4.78, 5) is 13.1. The number of ether oxygens (including phenoxy) is 2. The van der Waals surface area contributed by atoms with E-state index in [0.717, 1.165) is 15.4 Å². The van der Waals surface area contributed by atoms with Crippen LogP contribution in [-0.2, 0) is 14.8 Å². The fraction of sp³-hybridized carbons (Fsp3) is 0.240. The van der Waals surface area contributed by atoms with Gasteiger partial charge in [-0.3, -0.25) is 9.10 Å². The Bertz CT molecular complexity index is 1190. The summed E-state index contributed by atoms with van der Waals surface area (Å²) in [6.45, 7) is 3.33. The quantitative estimate of drug-likeness (QED) is 0.511. The number of sulfonamides is 1. The largest absolute Gasteiger partial charge is 0.497 e. The molecule has 174 valence electrons. The zero-order chi connectivity index (χ0) is 24.0. The molecule has 8 heteroatoms. The van der Waals surface area contributed by atoms with Crippen molar-refractivity contribution in [2.75, 3.05) is 25.1 Å². The van der Waals surface area contributed by atoms with Gasteiger partial charge in [0.05, 0.1) is 30.8 Å². The van der Waals surface area contributed by atoms with Crippen molar-refractivity contribution in [3.63, 3.8) is 0 Å². The van der Waals surface area contributed by atoms with Crippen LogP contribution in [0, 0.1) is 6.92 Å². The Balaban J connectivity index is 1.88. The maximum absolute atomic E-state index is 13.5. The lowest BCUT2D eigenvalue weighted by Gasteiger charge is -2.25. The second kappa shape index (κ2) is 10.4. The Morgan fingerprint density at radius 2 is 1.58 bits per heavy atom. The molecule has 7 nitrogen and oxygen atoms in total. The van der Waals surface area contributed by atoms with Crippen molar-refractivity contribution in [1.29, 1.82) is 0 Å². The van der Waals surface area contributed by atoms with Gasteiger partial charge in [0.25, 0.3) is 10.0 Å². The minimum absolute atomic E-state index is 0.104. The molecule has 1 atom stereocenters. The number of nitrogens with one attached hydrogen (secondary N) is 1. The molecule has 3 aromatic carbocycles. The number of aryl methyl sites for hydroxylation is 1. The maximum atomic E-state index is 13.5. The van der Waals surface area contributed by atoms with Gasteiger partial charge in [0, 0.05) is 6.07 Å². The van der Waals surface area contributed by atoms with Crippen LogP contribution in [0.25, 0.3) is 0 Å². The van der Waals surface area contributed by atoms with Gasteiger partial charge in [-0.1, -0.05) is 35.9 Å². The van der Waals surface area contributed by atoms with Gasteiger partial charge in [0.2, 0.25) is 5.91 Å². The summed E-state index contributed by atoms with van der Waals surface area (Å²) < 4.78 is 38.5. The van der Waals surface area contributed by atoms with Crippen molar-refractivity contribution in [3.8, 4) is 11.5 Å². The zero-order valence-corrected chi connectivity index (χ0v) is 19.9. The molecule has 0 unspecified atom stereocenters. The van der Waals surface area contributed by atoms with Crippen LogP contribution in [0.2, 0.25) is 0 Å². The maximum Gasteiger partial charge on any atom is 0.264 e. The normalized spacial score (nSPS) is 12.0. The van der Waals surface area contributed by atoms with Crippen molar-refractivity contribution in [2.45, 2.75) is 24.8 Å². The summed E-state index contributed by atoms with van der Waals surface area (Å²) in [7, 11) is -0.914. The van der Waals surface area contributed by atoms with Crippen LogP contribution in [0.5, 0.6) is 11.5 Å². The molecule has 0 radical (unpaired) electrons. The van der Waals surface area contributed by atoms with E-state index in [1.165, 1.54) is 19.2 Å². The molecule has 0 bridgehead atoms. The van der Waals surface area contributed by atoms with Gasteiger partial charge in [0.15, 0.2) is 0 Å². The van der Waals surface area contributed by atoms with E-state index in [9.17, 15) is 13.2 Å². The van der Waals surface area contributed by atoms with E-state index in [2.05, 4.69) is 5.32 Å². The highest BCUT2D eigenvalue weighted by molar-refractivity contribution is 7.92. The standard InChI is InChI=1S/C25H28N2O5S/c1-18-8-14-24(15-9-18)33(29,30)27(21-6-5-7-23(16-21)32-4)17-25(28)26-19(2)20-10-12-22(31-3)13-11-20/h5-16,19H,17H2,1-4H3,(H,26,28)/t19-/m0/s1. The van der Waals surface area contributed by atoms with Crippen LogP contribution in [0.4, 0.5) is 5.69 Å². The van der Waals surface area contributed by atoms with Gasteiger partial charge < -0.3 is 14.8 Å². The van der Waals surface area contributed by atoms with Crippen LogP contribution in [0.1, 0.15) is 24.1 Å². The van der Waals surface area contributed by atoms with Gasteiger partial charge in [-0.25, -0.2) is 8.42 Å². The minimum atomic E-state index is -4.00. The third-order valence-electron chi connectivity index (χ3n) is 5.23. The Morgan fingerprint density at radius 3 is 2.18 bits per heavy atom. The first-order valence-corrected chi connectivity index (χ1v) is 11.9. The summed E-state index contributed by atoms with van der Waals surface area (Å²) >= 11 is 0. The molecule has 0 aliphatic heterocycles. The molecule has 0 heterocycles. The van der Waals surface area contributed by atoms with E-state index in [0.29, 0.717) is 17.2 Å². The lowest BCUT2D eigenvalue weighted by molar-refractivity contribution is -0.120. The molecule has 0 spiro atoms. The molecule has 3 aromatic rings. The van der Waals surface area contributed by atoms with Crippen molar-refractivity contribution in [1.82, 2.24) is 5.32 Å². The fourth-order valence-electron chi connectivity index (χ4n) is 3.31. The fourth-order valence-corrected chi connectivity index (χ4v) is 4.72. The first kappa shape index (κ1) is 24.1. The highest BCUT2D eigenvalue weighted by atomic mass is 32.2. The van der Waals surface area contributed by atoms with E-state index in [4.69, 9.17) is 9.47 Å². The first-order chi connectivity index (χ1) is 15.7. The van der Waals surface area contributed by atoms with Crippen LogP contribution < -0.4 is 19.1 Å². The van der Waals surface area contributed by atoms with E-state index in [-0.39, 0.29) is 17.5 Å². The van der Waals surface area contributed by atoms with Gasteiger partial charge in [-0.2, -0.15) is 0 Å². The molecular formula is C25H28N2O5S. The number of hydrogen-bond donors (Lipinski definition) is 1. The van der Waals surface area contributed by atoms with E-state index >= 15 is 0 Å². The molecule has 1 N–H and O–H groups in total. The average Bonchev–Trinajstić information content (AvgIpc) is 2.82. The number of benzene rings is 3. The van der Waals surface area contributed by atoms with Crippen LogP contribution in [-0.4, -0.2) is 35.1 Å². The SMILES string of the molecule is COc1ccc([C@H](C)NC(=O)CN(c2cccc(OC)c2)S(=O)(=O)c2ccc(C)cc2)cc1. The monoisotopic (exact) mass is 468 g/mol. The van der Waals surface area contributed by atoms with Gasteiger partial charge in [0.1, 0.15) is 18.0 Å². The Morgan fingerprint density at radius 1 is 0.939 bits per heavy atom. The molecule has 0 aliphatic rings. The number of methoxy groups -OCH3 is 2. The molecular weight excluding hydrogens is 440 g/mol. The van der Waals surface area contributed by atoms with Gasteiger partial charge in [-0.05, 0) is 55.8 Å². The number of carbonyl (C=O) groups is 1. The minimum Gasteiger partial charge on any atom is -0.497 e. The molecule has 0 saturated carbocycles. The smallest absolute Gasteiger partial charge is 0.264 e. The second-order valence-electron chi connectivity index (χ2n) is 7.59.